The molecule has 1 aromatic heterocycles. The molecule has 0 saturated carbocycles. The zero-order valence-corrected chi connectivity index (χ0v) is 10.7. The standard InChI is InChI=1S/C13H10N4OS/c14-5-9-11(15)8-4-6-3-7(18)1-2-10(6)19-13(8)17-12(9)16/h1-3,18H,4H2,(H4,15,16,17). The molecule has 2 aromatic rings. The molecule has 0 saturated heterocycles. The number of aromatic nitrogens is 1. The van der Waals surface area contributed by atoms with Gasteiger partial charge in [0, 0.05) is 16.9 Å². The first-order valence-corrected chi connectivity index (χ1v) is 6.39. The first-order valence-electron chi connectivity index (χ1n) is 5.58. The van der Waals surface area contributed by atoms with Crippen LogP contribution in [-0.2, 0) is 6.42 Å². The van der Waals surface area contributed by atoms with Crippen molar-refractivity contribution in [2.24, 2.45) is 0 Å². The molecule has 3 rings (SSSR count). The molecule has 2 heterocycles. The Kier molecular flexibility index (Phi) is 2.50. The van der Waals surface area contributed by atoms with E-state index in [4.69, 9.17) is 16.7 Å². The normalized spacial score (nSPS) is 12.4. The van der Waals surface area contributed by atoms with Crippen LogP contribution in [0.1, 0.15) is 16.7 Å². The molecule has 6 heteroatoms. The second kappa shape index (κ2) is 4.07. The smallest absolute Gasteiger partial charge is 0.144 e. The lowest BCUT2D eigenvalue weighted by atomic mass is 10.0. The molecule has 1 aromatic carbocycles. The average molecular weight is 270 g/mol. The van der Waals surface area contributed by atoms with Crippen LogP contribution in [0.25, 0.3) is 0 Å². The summed E-state index contributed by atoms with van der Waals surface area (Å²) < 4.78 is 0. The van der Waals surface area contributed by atoms with Crippen LogP contribution >= 0.6 is 11.8 Å². The lowest BCUT2D eigenvalue weighted by Crippen LogP contribution is -2.10. The van der Waals surface area contributed by atoms with E-state index in [0.29, 0.717) is 12.1 Å². The first-order chi connectivity index (χ1) is 9.10. The fourth-order valence-corrected chi connectivity index (χ4v) is 3.16. The number of fused-ring (bicyclic) bond motifs is 2. The van der Waals surface area contributed by atoms with Crippen molar-refractivity contribution < 1.29 is 5.11 Å². The summed E-state index contributed by atoms with van der Waals surface area (Å²) in [5, 5.41) is 19.3. The molecule has 0 radical (unpaired) electrons. The molecule has 0 atom stereocenters. The molecule has 19 heavy (non-hydrogen) atoms. The maximum absolute atomic E-state index is 9.52. The van der Waals surface area contributed by atoms with E-state index in [9.17, 15) is 5.11 Å². The van der Waals surface area contributed by atoms with Gasteiger partial charge in [0.05, 0.1) is 5.69 Å². The zero-order valence-electron chi connectivity index (χ0n) is 9.84. The summed E-state index contributed by atoms with van der Waals surface area (Å²) in [6.07, 6.45) is 0.542. The Labute approximate surface area is 113 Å². The van der Waals surface area contributed by atoms with Gasteiger partial charge in [-0.15, -0.1) is 0 Å². The van der Waals surface area contributed by atoms with Crippen molar-refractivity contribution in [1.82, 2.24) is 4.98 Å². The van der Waals surface area contributed by atoms with Crippen LogP contribution < -0.4 is 11.5 Å². The topological polar surface area (TPSA) is 109 Å². The Hall–Kier alpha value is -2.39. The molecule has 0 fully saturated rings. The predicted molar refractivity (Wildman–Crippen MR) is 72.8 cm³/mol. The lowest BCUT2D eigenvalue weighted by Gasteiger charge is -2.20. The summed E-state index contributed by atoms with van der Waals surface area (Å²) >= 11 is 1.45. The average Bonchev–Trinajstić information content (AvgIpc) is 2.38. The van der Waals surface area contributed by atoms with Gasteiger partial charge in [0.2, 0.25) is 0 Å². The van der Waals surface area contributed by atoms with E-state index in [-0.39, 0.29) is 17.1 Å². The molecular formula is C13H10N4OS. The summed E-state index contributed by atoms with van der Waals surface area (Å²) in [6.45, 7) is 0. The highest BCUT2D eigenvalue weighted by Crippen LogP contribution is 2.43. The van der Waals surface area contributed by atoms with E-state index in [1.165, 1.54) is 11.8 Å². The van der Waals surface area contributed by atoms with Crippen molar-refractivity contribution in [3.8, 4) is 11.8 Å². The highest BCUT2D eigenvalue weighted by molar-refractivity contribution is 7.99. The number of phenols is 1. The molecule has 5 N–H and O–H groups in total. The van der Waals surface area contributed by atoms with Crippen LogP contribution in [0.15, 0.2) is 28.1 Å². The number of anilines is 2. The number of benzene rings is 1. The van der Waals surface area contributed by atoms with Crippen LogP contribution in [0.5, 0.6) is 5.75 Å². The van der Waals surface area contributed by atoms with E-state index in [1.807, 2.05) is 12.1 Å². The number of hydrogen-bond acceptors (Lipinski definition) is 6. The van der Waals surface area contributed by atoms with Gasteiger partial charge in [-0.1, -0.05) is 11.8 Å². The number of nitriles is 1. The number of phenolic OH excluding ortho intramolecular Hbond substituents is 1. The lowest BCUT2D eigenvalue weighted by molar-refractivity contribution is 0.474. The quantitative estimate of drug-likeness (QED) is 0.575. The van der Waals surface area contributed by atoms with Gasteiger partial charge in [-0.05, 0) is 23.8 Å². The Balaban J connectivity index is 2.18. The molecule has 5 nitrogen and oxygen atoms in total. The van der Waals surface area contributed by atoms with Gasteiger partial charge in [0.15, 0.2) is 0 Å². The van der Waals surface area contributed by atoms with E-state index in [1.54, 1.807) is 12.1 Å². The molecule has 0 aliphatic carbocycles. The number of nitrogens with two attached hydrogens (primary N) is 2. The van der Waals surface area contributed by atoms with Crippen molar-refractivity contribution in [1.29, 1.82) is 5.26 Å². The third-order valence-electron chi connectivity index (χ3n) is 3.06. The molecule has 1 aliphatic rings. The monoisotopic (exact) mass is 270 g/mol. The van der Waals surface area contributed by atoms with E-state index in [2.05, 4.69) is 4.98 Å². The van der Waals surface area contributed by atoms with Crippen molar-refractivity contribution in [3.63, 3.8) is 0 Å². The van der Waals surface area contributed by atoms with Gasteiger partial charge in [-0.25, -0.2) is 4.98 Å². The second-order valence-electron chi connectivity index (χ2n) is 4.25. The number of nitrogens with zero attached hydrogens (tertiary/aromatic N) is 2. The zero-order chi connectivity index (χ0) is 13.6. The molecule has 0 spiro atoms. The fraction of sp³-hybridized carbons (Fsp3) is 0.0769. The van der Waals surface area contributed by atoms with Gasteiger partial charge >= 0.3 is 0 Å². The molecular weight excluding hydrogens is 260 g/mol. The Morgan fingerprint density at radius 1 is 1.37 bits per heavy atom. The van der Waals surface area contributed by atoms with Crippen LogP contribution in [0.3, 0.4) is 0 Å². The van der Waals surface area contributed by atoms with Crippen molar-refractivity contribution in [2.45, 2.75) is 16.3 Å². The van der Waals surface area contributed by atoms with Crippen LogP contribution in [0.4, 0.5) is 11.5 Å². The third kappa shape index (κ3) is 1.75. The summed E-state index contributed by atoms with van der Waals surface area (Å²) in [5.41, 5.74) is 14.1. The molecule has 0 bridgehead atoms. The van der Waals surface area contributed by atoms with Crippen LogP contribution in [0, 0.1) is 11.3 Å². The van der Waals surface area contributed by atoms with E-state index < -0.39 is 0 Å². The van der Waals surface area contributed by atoms with Gasteiger partial charge in [-0.2, -0.15) is 5.26 Å². The Morgan fingerprint density at radius 3 is 2.89 bits per heavy atom. The number of nitrogen functional groups attached to an aromatic ring is 2. The predicted octanol–water partition coefficient (Wildman–Crippen LogP) is 1.88. The molecule has 94 valence electrons. The second-order valence-corrected chi connectivity index (χ2v) is 5.28. The summed E-state index contributed by atoms with van der Waals surface area (Å²) in [7, 11) is 0. The summed E-state index contributed by atoms with van der Waals surface area (Å²) in [4.78, 5) is 5.26. The molecule has 0 amide bonds. The third-order valence-corrected chi connectivity index (χ3v) is 4.21. The number of hydrogen-bond donors (Lipinski definition) is 3. The maximum Gasteiger partial charge on any atom is 0.144 e. The van der Waals surface area contributed by atoms with Crippen LogP contribution in [-0.4, -0.2) is 10.1 Å². The Morgan fingerprint density at radius 2 is 2.16 bits per heavy atom. The number of rotatable bonds is 0. The maximum atomic E-state index is 9.52. The minimum atomic E-state index is 0.161. The molecule has 0 unspecified atom stereocenters. The first kappa shape index (κ1) is 11.7. The highest BCUT2D eigenvalue weighted by atomic mass is 32.2. The fourth-order valence-electron chi connectivity index (χ4n) is 2.11. The molecule has 1 aliphatic heterocycles. The van der Waals surface area contributed by atoms with Crippen molar-refractivity contribution in [3.05, 3.63) is 34.9 Å². The Bertz CT molecular complexity index is 736. The van der Waals surface area contributed by atoms with Gasteiger partial charge in [-0.3, -0.25) is 0 Å². The van der Waals surface area contributed by atoms with Gasteiger partial charge < -0.3 is 16.6 Å². The largest absolute Gasteiger partial charge is 0.508 e. The van der Waals surface area contributed by atoms with Crippen LogP contribution in [0.2, 0.25) is 0 Å². The minimum absolute atomic E-state index is 0.161. The highest BCUT2D eigenvalue weighted by Gasteiger charge is 2.23. The summed E-state index contributed by atoms with van der Waals surface area (Å²) in [5.74, 6) is 0.374. The van der Waals surface area contributed by atoms with Gasteiger partial charge in [0.1, 0.15) is 28.2 Å². The van der Waals surface area contributed by atoms with Gasteiger partial charge in [0.25, 0.3) is 0 Å². The summed E-state index contributed by atoms with van der Waals surface area (Å²) in [6, 6.07) is 7.15. The van der Waals surface area contributed by atoms with Crippen molar-refractivity contribution in [2.75, 3.05) is 11.5 Å². The minimum Gasteiger partial charge on any atom is -0.508 e. The number of pyridine rings is 1. The van der Waals surface area contributed by atoms with Crippen molar-refractivity contribution >= 4 is 23.3 Å². The van der Waals surface area contributed by atoms with E-state index in [0.717, 1.165) is 21.0 Å². The number of aromatic hydroxyl groups is 1. The van der Waals surface area contributed by atoms with E-state index >= 15 is 0 Å². The SMILES string of the molecule is N#Cc1c(N)nc2c(c1N)Cc1cc(O)ccc1S2.